The van der Waals surface area contributed by atoms with Gasteiger partial charge in [0.15, 0.2) is 0 Å². The highest BCUT2D eigenvalue weighted by atomic mass is 16.5. The molecule has 2 rings (SSSR count). The molecule has 0 aromatic carbocycles. The average molecular weight is 211 g/mol. The summed E-state index contributed by atoms with van der Waals surface area (Å²) >= 11 is 0. The number of methoxy groups -OCH3 is 1. The van der Waals surface area contributed by atoms with Crippen LogP contribution in [0.2, 0.25) is 0 Å². The molecule has 1 aliphatic heterocycles. The van der Waals surface area contributed by atoms with E-state index in [2.05, 4.69) is 14.5 Å². The fourth-order valence-electron chi connectivity index (χ4n) is 1.92. The first-order chi connectivity index (χ1) is 7.29. The van der Waals surface area contributed by atoms with Crippen LogP contribution < -0.4 is 0 Å². The molecule has 2 heterocycles. The van der Waals surface area contributed by atoms with Crippen LogP contribution in [-0.4, -0.2) is 52.5 Å². The fourth-order valence-corrected chi connectivity index (χ4v) is 1.92. The molecule has 0 saturated heterocycles. The molecule has 5 heteroatoms. The van der Waals surface area contributed by atoms with E-state index in [-0.39, 0.29) is 0 Å². The highest BCUT2D eigenvalue weighted by Gasteiger charge is 2.18. The number of fused-ring (bicyclic) bond motifs is 1. The van der Waals surface area contributed by atoms with Crippen molar-refractivity contribution in [3.8, 4) is 0 Å². The van der Waals surface area contributed by atoms with E-state index >= 15 is 0 Å². The molecule has 0 spiro atoms. The van der Waals surface area contributed by atoms with Gasteiger partial charge in [-0.05, 0) is 0 Å². The van der Waals surface area contributed by atoms with E-state index in [4.69, 9.17) is 4.74 Å². The van der Waals surface area contributed by atoms with Crippen molar-refractivity contribution in [2.24, 2.45) is 0 Å². The van der Waals surface area contributed by atoms with Gasteiger partial charge in [-0.1, -0.05) is 0 Å². The number of hydrogen-bond donors (Lipinski definition) is 1. The zero-order valence-corrected chi connectivity index (χ0v) is 8.96. The standard InChI is InChI=1S/C10H17N3O2/c1-15-8-9(14)6-12-4-5-13-3-2-11-10(13)7-12/h2-3,9,14H,4-8H2,1H3. The normalized spacial score (nSPS) is 18.8. The van der Waals surface area contributed by atoms with Gasteiger partial charge in [-0.2, -0.15) is 0 Å². The maximum atomic E-state index is 9.61. The maximum absolute atomic E-state index is 9.61. The molecule has 0 amide bonds. The Bertz CT molecular complexity index is 313. The molecule has 1 aliphatic rings. The summed E-state index contributed by atoms with van der Waals surface area (Å²) in [6, 6.07) is 0. The molecule has 0 saturated carbocycles. The highest BCUT2D eigenvalue weighted by Crippen LogP contribution is 2.10. The zero-order valence-electron chi connectivity index (χ0n) is 8.96. The number of aromatic nitrogens is 2. The van der Waals surface area contributed by atoms with Gasteiger partial charge in [0.25, 0.3) is 0 Å². The molecular weight excluding hydrogens is 194 g/mol. The van der Waals surface area contributed by atoms with Crippen molar-refractivity contribution < 1.29 is 9.84 Å². The van der Waals surface area contributed by atoms with Crippen molar-refractivity contribution in [2.75, 3.05) is 26.8 Å². The van der Waals surface area contributed by atoms with Crippen LogP contribution in [0.4, 0.5) is 0 Å². The lowest BCUT2D eigenvalue weighted by atomic mass is 10.3. The molecule has 0 aliphatic carbocycles. The van der Waals surface area contributed by atoms with Crippen LogP contribution in [-0.2, 0) is 17.8 Å². The first-order valence-corrected chi connectivity index (χ1v) is 5.19. The lowest BCUT2D eigenvalue weighted by Gasteiger charge is -2.29. The maximum Gasteiger partial charge on any atom is 0.122 e. The summed E-state index contributed by atoms with van der Waals surface area (Å²) in [6.45, 7) is 3.78. The quantitative estimate of drug-likeness (QED) is 0.743. The molecule has 0 bridgehead atoms. The third-order valence-electron chi connectivity index (χ3n) is 2.65. The van der Waals surface area contributed by atoms with Crippen LogP contribution in [0.25, 0.3) is 0 Å². The van der Waals surface area contributed by atoms with E-state index in [1.165, 1.54) is 0 Å². The van der Waals surface area contributed by atoms with E-state index in [9.17, 15) is 5.11 Å². The van der Waals surface area contributed by atoms with E-state index in [0.29, 0.717) is 13.2 Å². The van der Waals surface area contributed by atoms with E-state index in [0.717, 1.165) is 25.5 Å². The monoisotopic (exact) mass is 211 g/mol. The molecule has 1 atom stereocenters. The average Bonchev–Trinajstić information content (AvgIpc) is 2.65. The summed E-state index contributed by atoms with van der Waals surface area (Å²) in [5.41, 5.74) is 0. The largest absolute Gasteiger partial charge is 0.389 e. The molecule has 5 nitrogen and oxygen atoms in total. The van der Waals surface area contributed by atoms with E-state index < -0.39 is 6.10 Å². The number of imidazole rings is 1. The van der Waals surface area contributed by atoms with Gasteiger partial charge in [0.1, 0.15) is 5.82 Å². The van der Waals surface area contributed by atoms with Gasteiger partial charge in [0.05, 0.1) is 19.3 Å². The second kappa shape index (κ2) is 4.74. The van der Waals surface area contributed by atoms with Gasteiger partial charge < -0.3 is 14.4 Å². The van der Waals surface area contributed by atoms with E-state index in [1.807, 2.05) is 12.4 Å². The van der Waals surface area contributed by atoms with Crippen LogP contribution >= 0.6 is 0 Å². The summed E-state index contributed by atoms with van der Waals surface area (Å²) in [7, 11) is 1.60. The van der Waals surface area contributed by atoms with Crippen molar-refractivity contribution in [1.82, 2.24) is 14.5 Å². The first kappa shape index (κ1) is 10.6. The number of aliphatic hydroxyl groups is 1. The van der Waals surface area contributed by atoms with Crippen molar-refractivity contribution in [2.45, 2.75) is 19.2 Å². The van der Waals surface area contributed by atoms with Crippen molar-refractivity contribution in [3.05, 3.63) is 18.2 Å². The number of hydrogen-bond acceptors (Lipinski definition) is 4. The van der Waals surface area contributed by atoms with Gasteiger partial charge in [-0.15, -0.1) is 0 Å². The number of nitrogens with zero attached hydrogens (tertiary/aromatic N) is 3. The lowest BCUT2D eigenvalue weighted by molar-refractivity contribution is 0.0310. The van der Waals surface area contributed by atoms with Gasteiger partial charge in [-0.3, -0.25) is 4.90 Å². The zero-order chi connectivity index (χ0) is 10.7. The Labute approximate surface area is 89.3 Å². The van der Waals surface area contributed by atoms with Crippen LogP contribution in [0.1, 0.15) is 5.82 Å². The van der Waals surface area contributed by atoms with Crippen molar-refractivity contribution >= 4 is 0 Å². The molecule has 1 aromatic rings. The number of rotatable bonds is 4. The molecule has 1 unspecified atom stereocenters. The highest BCUT2D eigenvalue weighted by molar-refractivity contribution is 4.95. The fraction of sp³-hybridized carbons (Fsp3) is 0.700. The van der Waals surface area contributed by atoms with Crippen LogP contribution in [0.3, 0.4) is 0 Å². The molecule has 0 radical (unpaired) electrons. The molecule has 1 aromatic heterocycles. The smallest absolute Gasteiger partial charge is 0.122 e. The second-order valence-electron chi connectivity index (χ2n) is 3.88. The predicted octanol–water partition coefficient (Wildman–Crippen LogP) is -0.294. The predicted molar refractivity (Wildman–Crippen MR) is 55.4 cm³/mol. The second-order valence-corrected chi connectivity index (χ2v) is 3.88. The number of aliphatic hydroxyl groups excluding tert-OH is 1. The summed E-state index contributed by atoms with van der Waals surface area (Å²) in [4.78, 5) is 6.47. The van der Waals surface area contributed by atoms with Crippen molar-refractivity contribution in [3.63, 3.8) is 0 Å². The van der Waals surface area contributed by atoms with Crippen LogP contribution in [0.5, 0.6) is 0 Å². The van der Waals surface area contributed by atoms with Gasteiger partial charge in [0, 0.05) is 39.1 Å². The number of β-amino-alcohol motifs (C(OH)–C–C–N with tert-alkyl or cyclic N) is 1. The Morgan fingerprint density at radius 1 is 1.60 bits per heavy atom. The lowest BCUT2D eigenvalue weighted by Crippen LogP contribution is -2.39. The molecule has 0 fully saturated rings. The topological polar surface area (TPSA) is 50.5 Å². The first-order valence-electron chi connectivity index (χ1n) is 5.19. The third-order valence-corrected chi connectivity index (χ3v) is 2.65. The summed E-state index contributed by atoms with van der Waals surface area (Å²) in [5.74, 6) is 1.07. The minimum absolute atomic E-state index is 0.394. The van der Waals surface area contributed by atoms with E-state index in [1.54, 1.807) is 7.11 Å². The Balaban J connectivity index is 1.87. The summed E-state index contributed by atoms with van der Waals surface area (Å²) < 4.78 is 7.05. The number of ether oxygens (including phenoxy) is 1. The minimum atomic E-state index is -0.406. The molecule has 15 heavy (non-hydrogen) atoms. The summed E-state index contributed by atoms with van der Waals surface area (Å²) in [5, 5.41) is 9.61. The molecular formula is C10H17N3O2. The van der Waals surface area contributed by atoms with Crippen molar-refractivity contribution in [1.29, 1.82) is 0 Å². The Morgan fingerprint density at radius 3 is 3.27 bits per heavy atom. The third kappa shape index (κ3) is 2.56. The van der Waals surface area contributed by atoms with Gasteiger partial charge >= 0.3 is 0 Å². The molecule has 1 N–H and O–H groups in total. The molecule has 84 valence electrons. The summed E-state index contributed by atoms with van der Waals surface area (Å²) in [6.07, 6.45) is 3.42. The van der Waals surface area contributed by atoms with Crippen LogP contribution in [0.15, 0.2) is 12.4 Å². The SMILES string of the molecule is COCC(O)CN1CCn2ccnc2C1. The Morgan fingerprint density at radius 2 is 2.47 bits per heavy atom. The van der Waals surface area contributed by atoms with Gasteiger partial charge in [0.2, 0.25) is 0 Å². The Kier molecular flexibility index (Phi) is 3.35. The van der Waals surface area contributed by atoms with Gasteiger partial charge in [-0.25, -0.2) is 4.98 Å². The minimum Gasteiger partial charge on any atom is -0.389 e. The Hall–Kier alpha value is -0.910. The van der Waals surface area contributed by atoms with Crippen LogP contribution in [0, 0.1) is 0 Å².